The summed E-state index contributed by atoms with van der Waals surface area (Å²) in [6.07, 6.45) is 5.30. The van der Waals surface area contributed by atoms with Crippen LogP contribution in [-0.2, 0) is 4.74 Å². The van der Waals surface area contributed by atoms with Gasteiger partial charge in [0.2, 0.25) is 0 Å². The van der Waals surface area contributed by atoms with Crippen LogP contribution >= 0.6 is 11.6 Å². The standard InChI is InChI=1S/C14H20ClNO/c1-11-10-12(15)6-7-14(11)16-8-2-4-13-5-3-9-17-13/h6-7,10,13,16H,2-5,8-9H2,1H3. The Hall–Kier alpha value is -0.730. The molecule has 2 rings (SSSR count). The van der Waals surface area contributed by atoms with E-state index in [1.807, 2.05) is 18.2 Å². The largest absolute Gasteiger partial charge is 0.385 e. The van der Waals surface area contributed by atoms with Gasteiger partial charge < -0.3 is 10.1 Å². The van der Waals surface area contributed by atoms with E-state index >= 15 is 0 Å². The molecule has 1 unspecified atom stereocenters. The number of halogens is 1. The fraction of sp³-hybridized carbons (Fsp3) is 0.571. The summed E-state index contributed by atoms with van der Waals surface area (Å²) in [6, 6.07) is 5.96. The molecule has 17 heavy (non-hydrogen) atoms. The molecule has 1 aromatic rings. The molecule has 0 bridgehead atoms. The first-order chi connectivity index (χ1) is 8.25. The van der Waals surface area contributed by atoms with Gasteiger partial charge in [-0.25, -0.2) is 0 Å². The zero-order chi connectivity index (χ0) is 12.1. The monoisotopic (exact) mass is 253 g/mol. The number of hydrogen-bond acceptors (Lipinski definition) is 2. The molecule has 1 fully saturated rings. The van der Waals surface area contributed by atoms with E-state index in [2.05, 4.69) is 12.2 Å². The summed E-state index contributed by atoms with van der Waals surface area (Å²) in [6.45, 7) is 4.03. The molecule has 1 saturated heterocycles. The first kappa shape index (κ1) is 12.7. The number of hydrogen-bond donors (Lipinski definition) is 1. The molecule has 2 nitrogen and oxygen atoms in total. The van der Waals surface area contributed by atoms with Crippen molar-refractivity contribution in [2.24, 2.45) is 0 Å². The van der Waals surface area contributed by atoms with Crippen LogP contribution in [-0.4, -0.2) is 19.3 Å². The highest BCUT2D eigenvalue weighted by atomic mass is 35.5. The quantitative estimate of drug-likeness (QED) is 0.801. The number of ether oxygens (including phenoxy) is 1. The number of nitrogens with one attached hydrogen (secondary N) is 1. The van der Waals surface area contributed by atoms with Crippen LogP contribution in [0.5, 0.6) is 0 Å². The molecule has 1 aliphatic heterocycles. The topological polar surface area (TPSA) is 21.3 Å². The second-order valence-electron chi connectivity index (χ2n) is 4.66. The van der Waals surface area contributed by atoms with Gasteiger partial charge in [0, 0.05) is 23.9 Å². The summed E-state index contributed by atoms with van der Waals surface area (Å²) < 4.78 is 5.60. The lowest BCUT2D eigenvalue weighted by Crippen LogP contribution is -2.09. The fourth-order valence-electron chi connectivity index (χ4n) is 2.25. The Morgan fingerprint density at radius 1 is 1.47 bits per heavy atom. The molecule has 94 valence electrons. The van der Waals surface area contributed by atoms with Crippen molar-refractivity contribution in [2.45, 2.75) is 38.7 Å². The van der Waals surface area contributed by atoms with Gasteiger partial charge in [-0.2, -0.15) is 0 Å². The second kappa shape index (κ2) is 6.27. The second-order valence-corrected chi connectivity index (χ2v) is 5.10. The van der Waals surface area contributed by atoms with Crippen LogP contribution in [0.2, 0.25) is 5.02 Å². The smallest absolute Gasteiger partial charge is 0.0576 e. The number of benzene rings is 1. The van der Waals surface area contributed by atoms with Gasteiger partial charge >= 0.3 is 0 Å². The molecule has 1 aliphatic rings. The van der Waals surface area contributed by atoms with E-state index in [-0.39, 0.29) is 0 Å². The summed E-state index contributed by atoms with van der Waals surface area (Å²) in [5, 5.41) is 4.25. The molecule has 0 amide bonds. The maximum Gasteiger partial charge on any atom is 0.0576 e. The van der Waals surface area contributed by atoms with E-state index in [1.165, 1.54) is 30.5 Å². The van der Waals surface area contributed by atoms with Gasteiger partial charge in [-0.15, -0.1) is 0 Å². The zero-order valence-electron chi connectivity index (χ0n) is 10.3. The third-order valence-electron chi connectivity index (χ3n) is 3.23. The molecule has 0 aliphatic carbocycles. The van der Waals surface area contributed by atoms with Gasteiger partial charge in [-0.05, 0) is 56.4 Å². The lowest BCUT2D eigenvalue weighted by molar-refractivity contribution is 0.103. The van der Waals surface area contributed by atoms with E-state index in [0.29, 0.717) is 6.10 Å². The maximum atomic E-state index is 5.92. The number of aryl methyl sites for hydroxylation is 1. The molecule has 0 radical (unpaired) electrons. The van der Waals surface area contributed by atoms with Crippen LogP contribution in [0.4, 0.5) is 5.69 Å². The molecule has 1 aromatic carbocycles. The molecule has 0 spiro atoms. The van der Waals surface area contributed by atoms with Crippen molar-refractivity contribution in [3.8, 4) is 0 Å². The highest BCUT2D eigenvalue weighted by Crippen LogP contribution is 2.20. The Morgan fingerprint density at radius 3 is 3.06 bits per heavy atom. The predicted octanol–water partition coefficient (Wildman–Crippen LogP) is 4.02. The molecule has 0 saturated carbocycles. The highest BCUT2D eigenvalue weighted by Gasteiger charge is 2.14. The van der Waals surface area contributed by atoms with Gasteiger partial charge in [-0.3, -0.25) is 0 Å². The molecular formula is C14H20ClNO. The first-order valence-electron chi connectivity index (χ1n) is 6.37. The zero-order valence-corrected chi connectivity index (χ0v) is 11.1. The Morgan fingerprint density at radius 2 is 2.35 bits per heavy atom. The highest BCUT2D eigenvalue weighted by molar-refractivity contribution is 6.30. The van der Waals surface area contributed by atoms with E-state index in [4.69, 9.17) is 16.3 Å². The van der Waals surface area contributed by atoms with Crippen LogP contribution in [0.3, 0.4) is 0 Å². The number of rotatable bonds is 5. The summed E-state index contributed by atoms with van der Waals surface area (Å²) >= 11 is 5.92. The first-order valence-corrected chi connectivity index (χ1v) is 6.75. The van der Waals surface area contributed by atoms with Gasteiger partial charge in [0.1, 0.15) is 0 Å². The Balaban J connectivity index is 1.70. The summed E-state index contributed by atoms with van der Waals surface area (Å²) in [7, 11) is 0. The minimum Gasteiger partial charge on any atom is -0.385 e. The van der Waals surface area contributed by atoms with Crippen molar-refractivity contribution < 1.29 is 4.74 Å². The molecule has 3 heteroatoms. The molecule has 1 atom stereocenters. The molecular weight excluding hydrogens is 234 g/mol. The third kappa shape index (κ3) is 3.90. The van der Waals surface area contributed by atoms with Crippen LogP contribution < -0.4 is 5.32 Å². The van der Waals surface area contributed by atoms with Crippen LogP contribution in [0, 0.1) is 6.92 Å². The van der Waals surface area contributed by atoms with Gasteiger partial charge in [0.15, 0.2) is 0 Å². The summed E-state index contributed by atoms with van der Waals surface area (Å²) in [5.41, 5.74) is 2.39. The molecule has 1 N–H and O–H groups in total. The summed E-state index contributed by atoms with van der Waals surface area (Å²) in [5.74, 6) is 0. The van der Waals surface area contributed by atoms with Crippen molar-refractivity contribution in [1.29, 1.82) is 0 Å². The van der Waals surface area contributed by atoms with E-state index in [1.54, 1.807) is 0 Å². The van der Waals surface area contributed by atoms with E-state index in [9.17, 15) is 0 Å². The molecule has 1 heterocycles. The Kier molecular flexibility index (Phi) is 4.69. The van der Waals surface area contributed by atoms with Crippen LogP contribution in [0.25, 0.3) is 0 Å². The third-order valence-corrected chi connectivity index (χ3v) is 3.47. The lowest BCUT2D eigenvalue weighted by atomic mass is 10.1. The predicted molar refractivity (Wildman–Crippen MR) is 72.9 cm³/mol. The lowest BCUT2D eigenvalue weighted by Gasteiger charge is -2.12. The fourth-order valence-corrected chi connectivity index (χ4v) is 2.48. The minimum absolute atomic E-state index is 0.503. The van der Waals surface area contributed by atoms with Crippen LogP contribution in [0.15, 0.2) is 18.2 Å². The minimum atomic E-state index is 0.503. The van der Waals surface area contributed by atoms with Crippen molar-refractivity contribution >= 4 is 17.3 Å². The maximum absolute atomic E-state index is 5.92. The van der Waals surface area contributed by atoms with Crippen molar-refractivity contribution in [3.05, 3.63) is 28.8 Å². The van der Waals surface area contributed by atoms with Crippen molar-refractivity contribution in [1.82, 2.24) is 0 Å². The van der Waals surface area contributed by atoms with Crippen LogP contribution in [0.1, 0.15) is 31.2 Å². The number of anilines is 1. The Bertz CT molecular complexity index is 361. The average Bonchev–Trinajstić information content (AvgIpc) is 2.79. The van der Waals surface area contributed by atoms with E-state index < -0.39 is 0 Å². The Labute approximate surface area is 108 Å². The van der Waals surface area contributed by atoms with E-state index in [0.717, 1.165) is 24.6 Å². The van der Waals surface area contributed by atoms with Gasteiger partial charge in [0.25, 0.3) is 0 Å². The van der Waals surface area contributed by atoms with Crippen molar-refractivity contribution in [3.63, 3.8) is 0 Å². The summed E-state index contributed by atoms with van der Waals surface area (Å²) in [4.78, 5) is 0. The van der Waals surface area contributed by atoms with Gasteiger partial charge in [0.05, 0.1) is 6.10 Å². The van der Waals surface area contributed by atoms with Gasteiger partial charge in [-0.1, -0.05) is 11.6 Å². The SMILES string of the molecule is Cc1cc(Cl)ccc1NCCCC1CCCO1. The molecule has 0 aromatic heterocycles. The average molecular weight is 254 g/mol. The van der Waals surface area contributed by atoms with Crippen molar-refractivity contribution in [2.75, 3.05) is 18.5 Å². The normalized spacial score (nSPS) is 19.5.